The fraction of sp³-hybridized carbons (Fsp3) is 0.400. The second-order valence-corrected chi connectivity index (χ2v) is 6.30. The van der Waals surface area contributed by atoms with E-state index < -0.39 is 21.7 Å². The van der Waals surface area contributed by atoms with Gasteiger partial charge in [0, 0.05) is 19.5 Å². The first-order valence-corrected chi connectivity index (χ1v) is 7.29. The van der Waals surface area contributed by atoms with Crippen LogP contribution >= 0.6 is 0 Å². The largest absolute Gasteiger partial charge is 0.435 e. The summed E-state index contributed by atoms with van der Waals surface area (Å²) in [6.45, 7) is -0.00486. The lowest BCUT2D eigenvalue weighted by Crippen LogP contribution is -2.07. The third-order valence-corrected chi connectivity index (χ3v) is 3.70. The van der Waals surface area contributed by atoms with E-state index in [1.165, 1.54) is 17.9 Å². The summed E-state index contributed by atoms with van der Waals surface area (Å²) in [5.41, 5.74) is -0.731. The molecular weight excluding hydrogens is 297 g/mol. The zero-order chi connectivity index (χ0) is 15.1. The maximum absolute atomic E-state index is 12.5. The van der Waals surface area contributed by atoms with Gasteiger partial charge in [0.2, 0.25) is 0 Å². The van der Waals surface area contributed by atoms with Crippen LogP contribution in [-0.2, 0) is 29.6 Å². The molecule has 20 heavy (non-hydrogen) atoms. The van der Waals surface area contributed by atoms with Crippen LogP contribution in [0.4, 0.5) is 13.2 Å². The summed E-state index contributed by atoms with van der Waals surface area (Å²) < 4.78 is 62.4. The molecule has 0 unspecified atom stereocenters. The van der Waals surface area contributed by atoms with E-state index in [1.54, 1.807) is 0 Å². The van der Waals surface area contributed by atoms with Crippen LogP contribution in [0.25, 0.3) is 0 Å². The molecule has 0 N–H and O–H groups in total. The van der Waals surface area contributed by atoms with Crippen LogP contribution in [0.5, 0.6) is 0 Å². The average Bonchev–Trinajstić information content (AvgIpc) is 2.85. The predicted octanol–water partition coefficient (Wildman–Crippen LogP) is 1.09. The lowest BCUT2D eigenvalue weighted by molar-refractivity contribution is -0.141. The highest BCUT2D eigenvalue weighted by molar-refractivity contribution is 7.90. The minimum Gasteiger partial charge on any atom is -0.270 e. The Bertz CT molecular complexity index is 730. The van der Waals surface area contributed by atoms with Crippen molar-refractivity contribution in [1.82, 2.24) is 19.6 Å². The highest BCUT2D eigenvalue weighted by atomic mass is 32.2. The Hall–Kier alpha value is -1.84. The van der Waals surface area contributed by atoms with E-state index in [2.05, 4.69) is 10.2 Å². The van der Waals surface area contributed by atoms with Crippen molar-refractivity contribution >= 4 is 9.84 Å². The van der Waals surface area contributed by atoms with Crippen molar-refractivity contribution < 1.29 is 21.6 Å². The first-order chi connectivity index (χ1) is 9.07. The van der Waals surface area contributed by atoms with Gasteiger partial charge in [-0.15, -0.1) is 0 Å². The van der Waals surface area contributed by atoms with E-state index in [1.807, 2.05) is 0 Å². The smallest absolute Gasteiger partial charge is 0.270 e. The molecule has 2 aromatic rings. The second kappa shape index (κ2) is 4.62. The lowest BCUT2D eigenvalue weighted by atomic mass is 10.3. The van der Waals surface area contributed by atoms with Crippen LogP contribution in [0.3, 0.4) is 0 Å². The second-order valence-electron chi connectivity index (χ2n) is 4.29. The SMILES string of the molecule is Cn1nc(C(F)(F)F)cc1Cn1cc(S(C)(=O)=O)cn1. The summed E-state index contributed by atoms with van der Waals surface area (Å²) in [4.78, 5) is 0.00992. The maximum Gasteiger partial charge on any atom is 0.435 e. The predicted molar refractivity (Wildman–Crippen MR) is 62.6 cm³/mol. The number of alkyl halides is 3. The van der Waals surface area contributed by atoms with Crippen molar-refractivity contribution in [2.24, 2.45) is 7.05 Å². The molecule has 0 atom stereocenters. The number of hydrogen-bond donors (Lipinski definition) is 0. The van der Waals surface area contributed by atoms with Crippen molar-refractivity contribution in [2.75, 3.05) is 6.26 Å². The highest BCUT2D eigenvalue weighted by Gasteiger charge is 2.34. The molecule has 2 aromatic heterocycles. The van der Waals surface area contributed by atoms with E-state index >= 15 is 0 Å². The first kappa shape index (κ1) is 14.6. The molecule has 0 saturated carbocycles. The zero-order valence-electron chi connectivity index (χ0n) is 10.6. The summed E-state index contributed by atoms with van der Waals surface area (Å²) in [6, 6.07) is 0.905. The van der Waals surface area contributed by atoms with Crippen molar-refractivity contribution in [3.05, 3.63) is 29.8 Å². The molecule has 0 bridgehead atoms. The molecule has 0 radical (unpaired) electrons. The van der Waals surface area contributed by atoms with Gasteiger partial charge in [0.15, 0.2) is 15.5 Å². The molecule has 2 heterocycles. The maximum atomic E-state index is 12.5. The summed E-state index contributed by atoms with van der Waals surface area (Å²) in [7, 11) is -2.01. The summed E-state index contributed by atoms with van der Waals surface area (Å²) >= 11 is 0. The van der Waals surface area contributed by atoms with Crippen LogP contribution in [0.15, 0.2) is 23.4 Å². The van der Waals surface area contributed by atoms with Crippen molar-refractivity contribution in [3.8, 4) is 0 Å². The van der Waals surface area contributed by atoms with Crippen molar-refractivity contribution in [1.29, 1.82) is 0 Å². The monoisotopic (exact) mass is 308 g/mol. The first-order valence-electron chi connectivity index (χ1n) is 5.40. The molecular formula is C10H11F3N4O2S. The molecule has 110 valence electrons. The highest BCUT2D eigenvalue weighted by Crippen LogP contribution is 2.28. The van der Waals surface area contributed by atoms with E-state index in [0.29, 0.717) is 0 Å². The molecule has 6 nitrogen and oxygen atoms in total. The van der Waals surface area contributed by atoms with Gasteiger partial charge in [0.25, 0.3) is 0 Å². The van der Waals surface area contributed by atoms with Crippen molar-refractivity contribution in [2.45, 2.75) is 17.6 Å². The third kappa shape index (κ3) is 3.00. The Morgan fingerprint density at radius 3 is 2.45 bits per heavy atom. The van der Waals surface area contributed by atoms with Crippen LogP contribution in [0, 0.1) is 0 Å². The molecule has 0 fully saturated rings. The van der Waals surface area contributed by atoms with E-state index in [4.69, 9.17) is 0 Å². The summed E-state index contributed by atoms with van der Waals surface area (Å²) in [5.74, 6) is 0. The van der Waals surface area contributed by atoms with Gasteiger partial charge in [-0.05, 0) is 6.07 Å². The molecule has 0 aromatic carbocycles. The van der Waals surface area contributed by atoms with Gasteiger partial charge in [-0.3, -0.25) is 9.36 Å². The molecule has 0 aliphatic rings. The Kier molecular flexibility index (Phi) is 3.36. The topological polar surface area (TPSA) is 69.8 Å². The van der Waals surface area contributed by atoms with E-state index in [9.17, 15) is 21.6 Å². The van der Waals surface area contributed by atoms with Gasteiger partial charge >= 0.3 is 6.18 Å². The number of hydrogen-bond acceptors (Lipinski definition) is 4. The Morgan fingerprint density at radius 2 is 2.00 bits per heavy atom. The number of halogens is 3. The molecule has 10 heteroatoms. The fourth-order valence-corrected chi connectivity index (χ4v) is 2.13. The van der Waals surface area contributed by atoms with E-state index in [0.717, 1.165) is 23.2 Å². The van der Waals surface area contributed by atoms with Crippen LogP contribution in [0.2, 0.25) is 0 Å². The average molecular weight is 308 g/mol. The third-order valence-electron chi connectivity index (χ3n) is 2.63. The van der Waals surface area contributed by atoms with Crippen LogP contribution < -0.4 is 0 Å². The lowest BCUT2D eigenvalue weighted by Gasteiger charge is -2.01. The molecule has 0 aliphatic carbocycles. The minimum absolute atomic E-state index is 0.00486. The fourth-order valence-electron chi connectivity index (χ4n) is 1.58. The molecule has 0 aliphatic heterocycles. The summed E-state index contributed by atoms with van der Waals surface area (Å²) in [6.07, 6.45) is -1.08. The minimum atomic E-state index is -4.52. The van der Waals surface area contributed by atoms with E-state index in [-0.39, 0.29) is 17.1 Å². The zero-order valence-corrected chi connectivity index (χ0v) is 11.4. The molecule has 0 saturated heterocycles. The molecule has 0 spiro atoms. The quantitative estimate of drug-likeness (QED) is 0.851. The molecule has 0 amide bonds. The number of aromatic nitrogens is 4. The van der Waals surface area contributed by atoms with Gasteiger partial charge in [-0.25, -0.2) is 8.42 Å². The van der Waals surface area contributed by atoms with Gasteiger partial charge in [-0.1, -0.05) is 0 Å². The Labute approximate surface area is 112 Å². The Balaban J connectivity index is 2.27. The van der Waals surface area contributed by atoms with Crippen LogP contribution in [-0.4, -0.2) is 34.2 Å². The van der Waals surface area contributed by atoms with Crippen molar-refractivity contribution in [3.63, 3.8) is 0 Å². The summed E-state index contributed by atoms with van der Waals surface area (Å²) in [5, 5.41) is 7.17. The standard InChI is InChI=1S/C10H11F3N4O2S/c1-16-7(3-9(15-16)10(11,12)13)5-17-6-8(4-14-17)20(2,18)19/h3-4,6H,5H2,1-2H3. The normalized spacial score (nSPS) is 12.8. The van der Waals surface area contributed by atoms with Gasteiger partial charge in [0.1, 0.15) is 4.90 Å². The van der Waals surface area contributed by atoms with Crippen LogP contribution in [0.1, 0.15) is 11.4 Å². The Morgan fingerprint density at radius 1 is 1.35 bits per heavy atom. The van der Waals surface area contributed by atoms with Gasteiger partial charge < -0.3 is 0 Å². The number of nitrogens with zero attached hydrogens (tertiary/aromatic N) is 4. The molecule has 2 rings (SSSR count). The number of rotatable bonds is 3. The number of sulfone groups is 1. The van der Waals surface area contributed by atoms with Gasteiger partial charge in [-0.2, -0.15) is 23.4 Å². The number of aryl methyl sites for hydroxylation is 1. The van der Waals surface area contributed by atoms with Gasteiger partial charge in [0.05, 0.1) is 18.4 Å².